The van der Waals surface area contributed by atoms with Crippen LogP contribution in [0.2, 0.25) is 0 Å². The SMILES string of the molecule is C=CCN(C)C(=O)[C@@H]1[C@@H]2CCC3(O2)C(C(=O)N(CC=C)C(C)CCC)N(CCCO)C(=O)[C@H]13. The molecule has 3 fully saturated rings. The molecule has 8 heteroatoms. The molecule has 3 aliphatic heterocycles. The van der Waals surface area contributed by atoms with Crippen molar-refractivity contribution >= 4 is 17.7 Å². The fraction of sp³-hybridized carbons (Fsp3) is 0.720. The Bertz CT molecular complexity index is 786. The van der Waals surface area contributed by atoms with Gasteiger partial charge in [0.1, 0.15) is 11.6 Å². The van der Waals surface area contributed by atoms with Gasteiger partial charge in [0.15, 0.2) is 0 Å². The highest BCUT2D eigenvalue weighted by molar-refractivity contribution is 5.99. The maximum Gasteiger partial charge on any atom is 0.248 e. The van der Waals surface area contributed by atoms with E-state index < -0.39 is 23.5 Å². The van der Waals surface area contributed by atoms with Crippen molar-refractivity contribution in [1.82, 2.24) is 14.7 Å². The molecule has 0 saturated carbocycles. The van der Waals surface area contributed by atoms with Crippen LogP contribution in [0.4, 0.5) is 0 Å². The van der Waals surface area contributed by atoms with Gasteiger partial charge in [-0.2, -0.15) is 0 Å². The number of amides is 3. The molecule has 3 unspecified atom stereocenters. The van der Waals surface area contributed by atoms with Crippen molar-refractivity contribution in [2.75, 3.05) is 33.3 Å². The van der Waals surface area contributed by atoms with Crippen LogP contribution < -0.4 is 0 Å². The van der Waals surface area contributed by atoms with Crippen molar-refractivity contribution < 1.29 is 24.2 Å². The van der Waals surface area contributed by atoms with Crippen LogP contribution in [0.1, 0.15) is 46.0 Å². The third kappa shape index (κ3) is 4.23. The first-order valence-electron chi connectivity index (χ1n) is 12.1. The molecule has 0 aromatic carbocycles. The highest BCUT2D eigenvalue weighted by Crippen LogP contribution is 2.59. The van der Waals surface area contributed by atoms with Crippen LogP contribution in [0.5, 0.6) is 0 Å². The smallest absolute Gasteiger partial charge is 0.248 e. The van der Waals surface area contributed by atoms with Gasteiger partial charge in [0, 0.05) is 39.3 Å². The zero-order chi connectivity index (χ0) is 24.3. The molecule has 3 saturated heterocycles. The summed E-state index contributed by atoms with van der Waals surface area (Å²) in [7, 11) is 1.70. The minimum absolute atomic E-state index is 0.0134. The fourth-order valence-corrected chi connectivity index (χ4v) is 6.09. The topological polar surface area (TPSA) is 90.4 Å². The summed E-state index contributed by atoms with van der Waals surface area (Å²) in [6.07, 6.45) is 6.34. The first-order valence-corrected chi connectivity index (χ1v) is 12.1. The second-order valence-electron chi connectivity index (χ2n) is 9.59. The molecule has 33 heavy (non-hydrogen) atoms. The number of fused-ring (bicyclic) bond motifs is 1. The van der Waals surface area contributed by atoms with Crippen molar-refractivity contribution in [3.8, 4) is 0 Å². The second-order valence-corrected chi connectivity index (χ2v) is 9.59. The number of hydrogen-bond donors (Lipinski definition) is 1. The fourth-order valence-electron chi connectivity index (χ4n) is 6.09. The molecule has 0 aromatic rings. The average molecular weight is 462 g/mol. The van der Waals surface area contributed by atoms with Crippen LogP contribution >= 0.6 is 0 Å². The van der Waals surface area contributed by atoms with Crippen LogP contribution in [0.25, 0.3) is 0 Å². The average Bonchev–Trinajstić information content (AvgIpc) is 3.42. The van der Waals surface area contributed by atoms with E-state index in [9.17, 15) is 19.5 Å². The Morgan fingerprint density at radius 3 is 2.61 bits per heavy atom. The summed E-state index contributed by atoms with van der Waals surface area (Å²) in [5.41, 5.74) is -1.00. The zero-order valence-electron chi connectivity index (χ0n) is 20.2. The number of rotatable bonds is 12. The summed E-state index contributed by atoms with van der Waals surface area (Å²) < 4.78 is 6.46. The van der Waals surface area contributed by atoms with Crippen molar-refractivity contribution in [3.05, 3.63) is 25.3 Å². The van der Waals surface area contributed by atoms with E-state index in [1.165, 1.54) is 0 Å². The number of aliphatic hydroxyl groups excluding tert-OH is 1. The first kappa shape index (κ1) is 25.4. The number of aliphatic hydroxyl groups is 1. The van der Waals surface area contributed by atoms with Gasteiger partial charge in [0.2, 0.25) is 17.7 Å². The molecule has 3 amide bonds. The lowest BCUT2D eigenvalue weighted by atomic mass is 9.70. The van der Waals surface area contributed by atoms with Crippen LogP contribution in [0.3, 0.4) is 0 Å². The molecule has 6 atom stereocenters. The van der Waals surface area contributed by atoms with Gasteiger partial charge in [-0.3, -0.25) is 14.4 Å². The Morgan fingerprint density at radius 2 is 2.00 bits per heavy atom. The van der Waals surface area contributed by atoms with Crippen molar-refractivity contribution in [2.45, 2.75) is 69.7 Å². The third-order valence-corrected chi connectivity index (χ3v) is 7.50. The lowest BCUT2D eigenvalue weighted by Crippen LogP contribution is -2.58. The Kier molecular flexibility index (Phi) is 8.00. The van der Waals surface area contributed by atoms with E-state index in [-0.39, 0.29) is 43.0 Å². The lowest BCUT2D eigenvalue weighted by molar-refractivity contribution is -0.150. The van der Waals surface area contributed by atoms with Gasteiger partial charge in [-0.05, 0) is 32.6 Å². The van der Waals surface area contributed by atoms with Crippen LogP contribution in [0.15, 0.2) is 25.3 Å². The van der Waals surface area contributed by atoms with E-state index >= 15 is 0 Å². The standard InChI is InChI=1S/C25H39N3O5/c1-6-10-17(4)27(14-8-3)24(32)21-25-12-11-18(33-25)19(22(30)26(5)13-7-2)20(25)23(31)28(21)15-9-16-29/h7-8,17-21,29H,2-3,6,9-16H2,1,4-5H3/t17?,18-,19+,20-,21?,25?/m0/s1. The number of likely N-dealkylation sites (N-methyl/N-ethyl adjacent to an activating group) is 1. The number of ether oxygens (including phenoxy) is 1. The van der Waals surface area contributed by atoms with Crippen LogP contribution in [-0.4, -0.2) is 94.6 Å². The van der Waals surface area contributed by atoms with Crippen molar-refractivity contribution in [2.24, 2.45) is 11.8 Å². The number of carbonyl (C=O) groups excluding carboxylic acids is 3. The Morgan fingerprint density at radius 1 is 1.30 bits per heavy atom. The van der Waals surface area contributed by atoms with Crippen molar-refractivity contribution in [3.63, 3.8) is 0 Å². The van der Waals surface area contributed by atoms with Gasteiger partial charge in [-0.15, -0.1) is 13.2 Å². The highest BCUT2D eigenvalue weighted by Gasteiger charge is 2.74. The minimum atomic E-state index is -1.00. The molecular formula is C25H39N3O5. The molecular weight excluding hydrogens is 422 g/mol. The largest absolute Gasteiger partial charge is 0.396 e. The minimum Gasteiger partial charge on any atom is -0.396 e. The summed E-state index contributed by atoms with van der Waals surface area (Å²) >= 11 is 0. The summed E-state index contributed by atoms with van der Waals surface area (Å²) in [6, 6.07) is -0.811. The predicted molar refractivity (Wildman–Crippen MR) is 125 cm³/mol. The molecule has 1 N–H and O–H groups in total. The quantitative estimate of drug-likeness (QED) is 0.446. The summed E-state index contributed by atoms with van der Waals surface area (Å²) in [4.78, 5) is 46.0. The normalized spacial score (nSPS) is 30.8. The molecule has 0 aliphatic carbocycles. The lowest BCUT2D eigenvalue weighted by Gasteiger charge is -2.39. The van der Waals surface area contributed by atoms with Crippen LogP contribution in [0, 0.1) is 11.8 Å². The molecule has 8 nitrogen and oxygen atoms in total. The molecule has 2 bridgehead atoms. The summed E-state index contributed by atoms with van der Waals surface area (Å²) in [5.74, 6) is -1.80. The van der Waals surface area contributed by atoms with Gasteiger partial charge < -0.3 is 24.5 Å². The van der Waals surface area contributed by atoms with Crippen LogP contribution in [-0.2, 0) is 19.1 Å². The first-order chi connectivity index (χ1) is 15.8. The van der Waals surface area contributed by atoms with Gasteiger partial charge in [-0.1, -0.05) is 25.5 Å². The number of carbonyl (C=O) groups is 3. The van der Waals surface area contributed by atoms with Crippen molar-refractivity contribution in [1.29, 1.82) is 0 Å². The van der Waals surface area contributed by atoms with E-state index in [0.29, 0.717) is 32.4 Å². The molecule has 1 spiro atoms. The van der Waals surface area contributed by atoms with Gasteiger partial charge >= 0.3 is 0 Å². The van der Waals surface area contributed by atoms with E-state index in [0.717, 1.165) is 12.8 Å². The molecule has 0 aromatic heterocycles. The monoisotopic (exact) mass is 461 g/mol. The molecule has 184 valence electrons. The Hall–Kier alpha value is -2.19. The van der Waals surface area contributed by atoms with E-state index in [1.54, 1.807) is 33.9 Å². The molecule has 0 radical (unpaired) electrons. The molecule has 3 heterocycles. The van der Waals surface area contributed by atoms with Gasteiger partial charge in [0.05, 0.1) is 17.9 Å². The number of nitrogens with zero attached hydrogens (tertiary/aromatic N) is 3. The maximum atomic E-state index is 14.0. The van der Waals surface area contributed by atoms with Gasteiger partial charge in [-0.25, -0.2) is 0 Å². The van der Waals surface area contributed by atoms with Gasteiger partial charge in [0.25, 0.3) is 0 Å². The predicted octanol–water partition coefficient (Wildman–Crippen LogP) is 1.59. The van der Waals surface area contributed by atoms with E-state index in [2.05, 4.69) is 20.1 Å². The third-order valence-electron chi connectivity index (χ3n) is 7.50. The number of hydrogen-bond acceptors (Lipinski definition) is 5. The number of likely N-dealkylation sites (tertiary alicyclic amines) is 1. The molecule has 3 aliphatic rings. The Labute approximate surface area is 197 Å². The molecule has 3 rings (SSSR count). The van der Waals surface area contributed by atoms with E-state index in [4.69, 9.17) is 4.74 Å². The zero-order valence-corrected chi connectivity index (χ0v) is 20.2. The highest BCUT2D eigenvalue weighted by atomic mass is 16.5. The second kappa shape index (κ2) is 10.4. The van der Waals surface area contributed by atoms with E-state index in [1.807, 2.05) is 6.92 Å². The maximum absolute atomic E-state index is 14.0. The summed E-state index contributed by atoms with van der Waals surface area (Å²) in [5, 5.41) is 9.45. The Balaban J connectivity index is 2.01. The summed E-state index contributed by atoms with van der Waals surface area (Å²) in [6.45, 7) is 12.6.